The van der Waals surface area contributed by atoms with E-state index in [2.05, 4.69) is 5.32 Å². The first-order valence-corrected chi connectivity index (χ1v) is 4.93. The summed E-state index contributed by atoms with van der Waals surface area (Å²) in [5.74, 6) is -0.457. The Kier molecular flexibility index (Phi) is 3.87. The predicted octanol–water partition coefficient (Wildman–Crippen LogP) is -2.69. The fourth-order valence-corrected chi connectivity index (χ4v) is 1.78. The van der Waals surface area contributed by atoms with Gasteiger partial charge in [-0.05, 0) is 6.92 Å². The number of rotatable bonds is 2. The Labute approximate surface area is 92.7 Å². The van der Waals surface area contributed by atoms with E-state index in [4.69, 9.17) is 9.84 Å². The van der Waals surface area contributed by atoms with Gasteiger partial charge in [-0.1, -0.05) is 0 Å². The molecular weight excluding hydrogens is 218 g/mol. The standard InChI is InChI=1S/C9H17NO6/c1-4(12)10-9(2)8(15)7(14)6(13)5(3-11)16-9/h5-8,11,13-15H,3H2,1-2H3,(H,10,12)/t5-,6-,7+,8-,9?/m1/s1. The van der Waals surface area contributed by atoms with Crippen LogP contribution in [0.3, 0.4) is 0 Å². The first-order chi connectivity index (χ1) is 7.31. The number of hydrogen-bond donors (Lipinski definition) is 5. The molecule has 0 spiro atoms. The topological polar surface area (TPSA) is 119 Å². The number of amides is 1. The molecule has 5 N–H and O–H groups in total. The summed E-state index contributed by atoms with van der Waals surface area (Å²) in [6, 6.07) is 0. The van der Waals surface area contributed by atoms with Gasteiger partial charge in [-0.2, -0.15) is 0 Å². The molecule has 1 amide bonds. The van der Waals surface area contributed by atoms with Crippen molar-refractivity contribution in [1.82, 2.24) is 5.32 Å². The van der Waals surface area contributed by atoms with Crippen molar-refractivity contribution in [2.24, 2.45) is 0 Å². The molecule has 0 aromatic rings. The number of carbonyl (C=O) groups is 1. The van der Waals surface area contributed by atoms with E-state index in [9.17, 15) is 20.1 Å². The Morgan fingerprint density at radius 2 is 1.94 bits per heavy atom. The van der Waals surface area contributed by atoms with Gasteiger partial charge in [0.1, 0.15) is 24.4 Å². The van der Waals surface area contributed by atoms with Gasteiger partial charge in [0, 0.05) is 6.92 Å². The van der Waals surface area contributed by atoms with Crippen LogP contribution in [0.15, 0.2) is 0 Å². The van der Waals surface area contributed by atoms with Gasteiger partial charge in [0.25, 0.3) is 0 Å². The maximum Gasteiger partial charge on any atom is 0.219 e. The van der Waals surface area contributed by atoms with Crippen LogP contribution in [0.5, 0.6) is 0 Å². The number of aliphatic hydroxyl groups is 4. The quantitative estimate of drug-likeness (QED) is 0.355. The molecule has 0 aromatic heterocycles. The maximum absolute atomic E-state index is 10.9. The molecular formula is C9H17NO6. The van der Waals surface area contributed by atoms with Crippen LogP contribution in [-0.2, 0) is 9.53 Å². The van der Waals surface area contributed by atoms with E-state index in [-0.39, 0.29) is 0 Å². The van der Waals surface area contributed by atoms with Crippen LogP contribution in [0, 0.1) is 0 Å². The zero-order valence-electron chi connectivity index (χ0n) is 9.12. The van der Waals surface area contributed by atoms with Crippen LogP contribution < -0.4 is 5.32 Å². The third-order valence-electron chi connectivity index (χ3n) is 2.62. The van der Waals surface area contributed by atoms with E-state index in [1.807, 2.05) is 0 Å². The van der Waals surface area contributed by atoms with Crippen molar-refractivity contribution in [1.29, 1.82) is 0 Å². The van der Waals surface area contributed by atoms with Crippen molar-refractivity contribution in [2.75, 3.05) is 6.61 Å². The second-order valence-electron chi connectivity index (χ2n) is 4.05. The number of ether oxygens (including phenoxy) is 1. The summed E-state index contributed by atoms with van der Waals surface area (Å²) in [5.41, 5.74) is -1.53. The molecule has 0 aromatic carbocycles. The lowest BCUT2D eigenvalue weighted by Gasteiger charge is -2.46. The third-order valence-corrected chi connectivity index (χ3v) is 2.62. The monoisotopic (exact) mass is 235 g/mol. The molecule has 5 atom stereocenters. The second kappa shape index (κ2) is 4.64. The fourth-order valence-electron chi connectivity index (χ4n) is 1.78. The SMILES string of the molecule is CC(=O)NC1(C)O[C@H](CO)[C@@H](O)[C@H](O)[C@H]1O. The summed E-state index contributed by atoms with van der Waals surface area (Å²) in [6.07, 6.45) is -5.44. The van der Waals surface area contributed by atoms with Gasteiger partial charge in [-0.3, -0.25) is 4.79 Å². The van der Waals surface area contributed by atoms with Gasteiger partial charge in [0.15, 0.2) is 5.72 Å². The van der Waals surface area contributed by atoms with E-state index in [1.165, 1.54) is 13.8 Å². The first-order valence-electron chi connectivity index (χ1n) is 4.93. The molecule has 1 saturated heterocycles. The van der Waals surface area contributed by atoms with Gasteiger partial charge in [0.2, 0.25) is 5.91 Å². The number of carbonyl (C=O) groups excluding carboxylic acids is 1. The van der Waals surface area contributed by atoms with Crippen LogP contribution in [0.1, 0.15) is 13.8 Å². The summed E-state index contributed by atoms with van der Waals surface area (Å²) in [4.78, 5) is 10.9. The summed E-state index contributed by atoms with van der Waals surface area (Å²) < 4.78 is 5.19. The molecule has 94 valence electrons. The van der Waals surface area contributed by atoms with E-state index >= 15 is 0 Å². The normalized spacial score (nSPS) is 44.1. The molecule has 0 bridgehead atoms. The fraction of sp³-hybridized carbons (Fsp3) is 0.889. The largest absolute Gasteiger partial charge is 0.394 e. The van der Waals surface area contributed by atoms with Crippen LogP contribution in [-0.4, -0.2) is 63.1 Å². The number of aliphatic hydroxyl groups excluding tert-OH is 4. The van der Waals surface area contributed by atoms with Gasteiger partial charge >= 0.3 is 0 Å². The summed E-state index contributed by atoms with van der Waals surface area (Å²) in [6.45, 7) is 2.06. The highest BCUT2D eigenvalue weighted by Crippen LogP contribution is 2.27. The van der Waals surface area contributed by atoms with E-state index in [0.29, 0.717) is 0 Å². The van der Waals surface area contributed by atoms with Crippen molar-refractivity contribution in [3.63, 3.8) is 0 Å². The molecule has 1 rings (SSSR count). The minimum atomic E-state index is -1.53. The van der Waals surface area contributed by atoms with Gasteiger partial charge in [-0.15, -0.1) is 0 Å². The van der Waals surface area contributed by atoms with Crippen molar-refractivity contribution < 1.29 is 30.0 Å². The Morgan fingerprint density at radius 1 is 1.38 bits per heavy atom. The van der Waals surface area contributed by atoms with Crippen LogP contribution in [0.4, 0.5) is 0 Å². The predicted molar refractivity (Wildman–Crippen MR) is 52.2 cm³/mol. The molecule has 7 heteroatoms. The Hall–Kier alpha value is -0.730. The van der Waals surface area contributed by atoms with Gasteiger partial charge in [0.05, 0.1) is 6.61 Å². The first kappa shape index (κ1) is 13.3. The minimum Gasteiger partial charge on any atom is -0.394 e. The molecule has 1 heterocycles. The molecule has 1 aliphatic rings. The van der Waals surface area contributed by atoms with E-state index in [1.54, 1.807) is 0 Å². The highest BCUT2D eigenvalue weighted by molar-refractivity contribution is 5.73. The Bertz CT molecular complexity index is 271. The highest BCUT2D eigenvalue weighted by atomic mass is 16.6. The zero-order chi connectivity index (χ0) is 12.5. The van der Waals surface area contributed by atoms with Crippen molar-refractivity contribution in [3.05, 3.63) is 0 Å². The lowest BCUT2D eigenvalue weighted by Crippen LogP contribution is -2.69. The Morgan fingerprint density at radius 3 is 2.38 bits per heavy atom. The average Bonchev–Trinajstić information content (AvgIpc) is 2.20. The average molecular weight is 235 g/mol. The van der Waals surface area contributed by atoms with E-state index < -0.39 is 42.7 Å². The molecule has 1 aliphatic heterocycles. The lowest BCUT2D eigenvalue weighted by molar-refractivity contribution is -0.276. The minimum absolute atomic E-state index is 0.457. The van der Waals surface area contributed by atoms with Crippen LogP contribution >= 0.6 is 0 Å². The molecule has 1 unspecified atom stereocenters. The van der Waals surface area contributed by atoms with Gasteiger partial charge < -0.3 is 30.5 Å². The van der Waals surface area contributed by atoms with Crippen molar-refractivity contribution >= 4 is 5.91 Å². The molecule has 0 saturated carbocycles. The second-order valence-corrected chi connectivity index (χ2v) is 4.05. The number of hydrogen-bond acceptors (Lipinski definition) is 6. The third kappa shape index (κ3) is 2.33. The van der Waals surface area contributed by atoms with Crippen molar-refractivity contribution in [2.45, 2.75) is 44.0 Å². The van der Waals surface area contributed by atoms with Crippen LogP contribution in [0.25, 0.3) is 0 Å². The lowest BCUT2D eigenvalue weighted by atomic mass is 9.91. The zero-order valence-corrected chi connectivity index (χ0v) is 9.12. The van der Waals surface area contributed by atoms with Crippen LogP contribution in [0.2, 0.25) is 0 Å². The highest BCUT2D eigenvalue weighted by Gasteiger charge is 2.51. The molecule has 16 heavy (non-hydrogen) atoms. The Balaban J connectivity index is 2.89. The number of nitrogens with one attached hydrogen (secondary N) is 1. The molecule has 1 fully saturated rings. The molecule has 0 radical (unpaired) electrons. The summed E-state index contributed by atoms with van der Waals surface area (Å²) in [7, 11) is 0. The molecule has 0 aliphatic carbocycles. The van der Waals surface area contributed by atoms with Gasteiger partial charge in [-0.25, -0.2) is 0 Å². The summed E-state index contributed by atoms with van der Waals surface area (Å²) in [5, 5.41) is 40.0. The smallest absolute Gasteiger partial charge is 0.219 e. The maximum atomic E-state index is 10.9. The summed E-state index contributed by atoms with van der Waals surface area (Å²) >= 11 is 0. The van der Waals surface area contributed by atoms with Crippen molar-refractivity contribution in [3.8, 4) is 0 Å². The molecule has 7 nitrogen and oxygen atoms in total. The van der Waals surface area contributed by atoms with E-state index in [0.717, 1.165) is 0 Å².